The van der Waals surface area contributed by atoms with Crippen LogP contribution in [0.4, 0.5) is 0 Å². The first-order valence-electron chi connectivity index (χ1n) is 11.0. The quantitative estimate of drug-likeness (QED) is 0.318. The number of alkyl halides is 2. The van der Waals surface area contributed by atoms with Crippen LogP contribution in [0, 0.1) is 0 Å². The molecule has 3 rings (SSSR count). The van der Waals surface area contributed by atoms with Crippen molar-refractivity contribution < 1.29 is 0 Å². The van der Waals surface area contributed by atoms with E-state index in [0.717, 1.165) is 24.2 Å². The molecule has 3 heteroatoms. The van der Waals surface area contributed by atoms with Crippen molar-refractivity contribution in [3.8, 4) is 0 Å². The van der Waals surface area contributed by atoms with E-state index in [4.69, 9.17) is 23.2 Å². The van der Waals surface area contributed by atoms with E-state index in [-0.39, 0.29) is 17.9 Å². The molecule has 0 spiro atoms. The van der Waals surface area contributed by atoms with E-state index in [1.807, 2.05) is 0 Å². The smallest absolute Gasteiger partial charge is 0.0869 e. The molecule has 148 valence electrons. The van der Waals surface area contributed by atoms with E-state index in [1.54, 1.807) is 0 Å². The summed E-state index contributed by atoms with van der Waals surface area (Å²) in [5.74, 6) is 0. The van der Waals surface area contributed by atoms with Gasteiger partial charge < -0.3 is 0 Å². The van der Waals surface area contributed by atoms with Gasteiger partial charge in [-0.05, 0) is 75.7 Å². The summed E-state index contributed by atoms with van der Waals surface area (Å²) in [4.78, 5) is 0. The highest BCUT2D eigenvalue weighted by atomic mass is 35.5. The fourth-order valence-corrected chi connectivity index (χ4v) is 11.7. The summed E-state index contributed by atoms with van der Waals surface area (Å²) in [5.41, 5.74) is 4.45. The number of rotatable bonds is 4. The van der Waals surface area contributed by atoms with Crippen molar-refractivity contribution in [1.82, 2.24) is 0 Å². The van der Waals surface area contributed by atoms with Crippen molar-refractivity contribution in [2.75, 3.05) is 0 Å². The Morgan fingerprint density at radius 3 is 1.92 bits per heavy atom. The van der Waals surface area contributed by atoms with Crippen molar-refractivity contribution in [2.45, 2.75) is 119 Å². The van der Waals surface area contributed by atoms with Gasteiger partial charge in [-0.2, -0.15) is 0 Å². The first kappa shape index (κ1) is 21.2. The maximum absolute atomic E-state index is 7.70. The molecule has 0 N–H and O–H groups in total. The maximum Gasteiger partial charge on any atom is 0.0869 e. The second-order valence-electron chi connectivity index (χ2n) is 8.98. The van der Waals surface area contributed by atoms with Crippen molar-refractivity contribution >= 4 is 31.1 Å². The number of hydrogen-bond acceptors (Lipinski definition) is 0. The van der Waals surface area contributed by atoms with Crippen LogP contribution in [-0.4, -0.2) is 21.3 Å². The molecule has 0 aliphatic heterocycles. The maximum atomic E-state index is 7.70. The fourth-order valence-electron chi connectivity index (χ4n) is 5.42. The van der Waals surface area contributed by atoms with Crippen LogP contribution < -0.4 is 0 Å². The molecule has 3 fully saturated rings. The van der Waals surface area contributed by atoms with Gasteiger partial charge in [0.15, 0.2) is 0 Å². The lowest BCUT2D eigenvalue weighted by atomic mass is 9.92. The van der Waals surface area contributed by atoms with Gasteiger partial charge in [0.05, 0.1) is 9.99 Å². The number of allylic oxidation sites excluding steroid dienone is 4. The average molecular weight is 415 g/mol. The Bertz CT molecular complexity index is 492. The molecule has 0 bridgehead atoms. The average Bonchev–Trinajstić information content (AvgIpc) is 2.63. The second kappa shape index (κ2) is 9.80. The summed E-state index contributed by atoms with van der Waals surface area (Å²) in [6.45, 7) is 4.34. The molecule has 2 unspecified atom stereocenters. The lowest BCUT2D eigenvalue weighted by Gasteiger charge is -2.51. The van der Waals surface area contributed by atoms with E-state index in [1.165, 1.54) is 81.8 Å². The van der Waals surface area contributed by atoms with Crippen LogP contribution in [0.5, 0.6) is 0 Å². The van der Waals surface area contributed by atoms with Crippen molar-refractivity contribution in [1.29, 1.82) is 0 Å². The van der Waals surface area contributed by atoms with Gasteiger partial charge in [-0.1, -0.05) is 64.2 Å². The lowest BCUT2D eigenvalue weighted by Crippen LogP contribution is -2.39. The van der Waals surface area contributed by atoms with E-state index in [0.29, 0.717) is 0 Å². The van der Waals surface area contributed by atoms with Gasteiger partial charge in [0.25, 0.3) is 0 Å². The number of halogens is 2. The molecule has 3 aliphatic carbocycles. The number of hydrogen-bond donors (Lipinski definition) is 0. The molecular weight excluding hydrogens is 378 g/mol. The molecule has 0 aromatic carbocycles. The minimum atomic E-state index is -0.211. The summed E-state index contributed by atoms with van der Waals surface area (Å²) in [6, 6.07) is 0. The Balaban J connectivity index is 1.97. The zero-order chi connectivity index (χ0) is 18.6. The van der Waals surface area contributed by atoms with Gasteiger partial charge in [-0.25, -0.2) is 0 Å². The Kier molecular flexibility index (Phi) is 8.00. The van der Waals surface area contributed by atoms with Gasteiger partial charge in [0.1, 0.15) is 0 Å². The topological polar surface area (TPSA) is 0 Å². The Morgan fingerprint density at radius 2 is 1.42 bits per heavy atom. The lowest BCUT2D eigenvalue weighted by molar-refractivity contribution is 0.472. The monoisotopic (exact) mass is 414 g/mol. The highest BCUT2D eigenvalue weighted by Gasteiger charge is 2.50. The molecule has 0 radical (unpaired) electrons. The molecule has 2 atom stereocenters. The standard InChI is InChI=1S/C23H37Cl2P/c1-18(2)15-16-21-22(24)14-9-17-23(21,25)26(19-10-5-3-6-11-19)20-12-7-4-8-13-20/h15-16,19-20,22H,3-14,17H2,1-2H3. The normalized spacial score (nSPS) is 33.6. The van der Waals surface area contributed by atoms with Crippen LogP contribution in [0.15, 0.2) is 23.3 Å². The SMILES string of the molecule is CC(C)=CC=C1C(Cl)CCCC1(Cl)P(C1CCCCC1)C1CCCCC1. The van der Waals surface area contributed by atoms with Crippen LogP contribution in [0.25, 0.3) is 0 Å². The minimum absolute atomic E-state index is 0.133. The predicted molar refractivity (Wildman–Crippen MR) is 120 cm³/mol. The third kappa shape index (κ3) is 4.90. The molecule has 0 saturated heterocycles. The van der Waals surface area contributed by atoms with E-state index < -0.39 is 0 Å². The van der Waals surface area contributed by atoms with E-state index in [2.05, 4.69) is 26.0 Å². The second-order valence-corrected chi connectivity index (χ2v) is 13.5. The molecule has 0 aromatic heterocycles. The van der Waals surface area contributed by atoms with Crippen LogP contribution >= 0.6 is 31.1 Å². The van der Waals surface area contributed by atoms with Crippen LogP contribution in [0.2, 0.25) is 0 Å². The van der Waals surface area contributed by atoms with Gasteiger partial charge in [0, 0.05) is 0 Å². The summed E-state index contributed by atoms with van der Waals surface area (Å²) >= 11 is 14.6. The summed E-state index contributed by atoms with van der Waals surface area (Å²) < 4.78 is -0.143. The van der Waals surface area contributed by atoms with Gasteiger partial charge >= 0.3 is 0 Å². The zero-order valence-electron chi connectivity index (χ0n) is 16.8. The highest BCUT2D eigenvalue weighted by Crippen LogP contribution is 2.70. The van der Waals surface area contributed by atoms with E-state index >= 15 is 0 Å². The van der Waals surface area contributed by atoms with Crippen LogP contribution in [-0.2, 0) is 0 Å². The first-order chi connectivity index (χ1) is 12.5. The fraction of sp³-hybridized carbons (Fsp3) is 0.826. The third-order valence-corrected chi connectivity index (χ3v) is 12.0. The van der Waals surface area contributed by atoms with Crippen molar-refractivity contribution in [3.63, 3.8) is 0 Å². The predicted octanol–water partition coefficient (Wildman–Crippen LogP) is 8.75. The molecule has 0 amide bonds. The van der Waals surface area contributed by atoms with Crippen LogP contribution in [0.1, 0.15) is 97.3 Å². The van der Waals surface area contributed by atoms with Crippen molar-refractivity contribution in [3.05, 3.63) is 23.3 Å². The molecule has 0 aromatic rings. The minimum Gasteiger partial charge on any atom is -0.118 e. The first-order valence-corrected chi connectivity index (χ1v) is 13.3. The Morgan fingerprint density at radius 1 is 0.885 bits per heavy atom. The van der Waals surface area contributed by atoms with Crippen molar-refractivity contribution in [2.24, 2.45) is 0 Å². The molecule has 0 nitrogen and oxygen atoms in total. The van der Waals surface area contributed by atoms with Crippen LogP contribution in [0.3, 0.4) is 0 Å². The molecular formula is C23H37Cl2P. The Hall–Kier alpha value is 0.490. The van der Waals surface area contributed by atoms with Gasteiger partial charge in [0.2, 0.25) is 0 Å². The summed E-state index contributed by atoms with van der Waals surface area (Å²) in [6.07, 6.45) is 22.2. The van der Waals surface area contributed by atoms with Gasteiger partial charge in [-0.3, -0.25) is 0 Å². The van der Waals surface area contributed by atoms with Gasteiger partial charge in [-0.15, -0.1) is 23.2 Å². The molecule has 26 heavy (non-hydrogen) atoms. The summed E-state index contributed by atoms with van der Waals surface area (Å²) in [5, 5.41) is 0.133. The van der Waals surface area contributed by atoms with E-state index in [9.17, 15) is 0 Å². The third-order valence-electron chi connectivity index (χ3n) is 6.69. The molecule has 3 saturated carbocycles. The zero-order valence-corrected chi connectivity index (χ0v) is 19.2. The summed E-state index contributed by atoms with van der Waals surface area (Å²) in [7, 11) is -0.211. The largest absolute Gasteiger partial charge is 0.118 e. The highest BCUT2D eigenvalue weighted by molar-refractivity contribution is 7.63. The molecule has 0 heterocycles. The Labute approximate surface area is 172 Å². The molecule has 3 aliphatic rings.